The SMILES string of the molecule is CC(C)OC(CC(C)(C)C)OC(=O)c1ccc2c(c1)CC(C)C2C.CCC(C)(C)C(=O)OC(CC(C)C)OC1CCCCC1.CCC(C)(C)C(=O)OC(OC1CCCCC1)C(C)(C)C.CCC(C)(C)C(=O)OC(OCC(C)(C)C)C1CC2CCC1C2.CCC(C)(C)C(=O)OC12CC3CC(C1)CC(C(=O)OC(CC(C)(C)C)OC(C)C)(C3)C2.CCC(C)(C)C(=O)OC1C2CC3C1OC(=O)C3(C(=O)OC(CC(C)(C)C)OC(C)C)C2. The van der Waals surface area contributed by atoms with Gasteiger partial charge in [-0.2, -0.15) is 0 Å². The first kappa shape index (κ1) is 129. The van der Waals surface area contributed by atoms with Crippen molar-refractivity contribution in [2.45, 2.75) is 574 Å². The van der Waals surface area contributed by atoms with Gasteiger partial charge < -0.3 is 71.1 Å². The van der Waals surface area contributed by atoms with E-state index in [0.29, 0.717) is 98.5 Å². The highest BCUT2D eigenvalue weighted by Gasteiger charge is 2.76. The smallest absolute Gasteiger partial charge is 0.340 e. The van der Waals surface area contributed by atoms with Crippen molar-refractivity contribution in [1.29, 1.82) is 0 Å². The minimum atomic E-state index is -1.31. The molecule has 852 valence electrons. The zero-order valence-corrected chi connectivity index (χ0v) is 101. The van der Waals surface area contributed by atoms with Gasteiger partial charge in [-0.3, -0.25) is 38.4 Å². The third-order valence-electron chi connectivity index (χ3n) is 33.3. The molecule has 1 aromatic carbocycles. The van der Waals surface area contributed by atoms with Crippen LogP contribution in [0.2, 0.25) is 0 Å². The van der Waals surface area contributed by atoms with E-state index >= 15 is 0 Å². The van der Waals surface area contributed by atoms with Gasteiger partial charge >= 0.3 is 53.7 Å². The Kier molecular flexibility index (Phi) is 46.5. The summed E-state index contributed by atoms with van der Waals surface area (Å²) in [5.41, 5.74) is -1.70. The van der Waals surface area contributed by atoms with E-state index < -0.39 is 92.8 Å². The number of carbonyl (C=O) groups is 9. The molecule has 148 heavy (non-hydrogen) atoms. The number of benzene rings is 1. The quantitative estimate of drug-likeness (QED) is 0.0256. The van der Waals surface area contributed by atoms with Crippen molar-refractivity contribution in [2.24, 2.45) is 118 Å². The van der Waals surface area contributed by atoms with Crippen LogP contribution in [-0.4, -0.2) is 146 Å². The molecule has 0 amide bonds. The molecule has 1 aliphatic heterocycles. The maximum absolute atomic E-state index is 13.6. The summed E-state index contributed by atoms with van der Waals surface area (Å²) in [4.78, 5) is 115. The molecule has 12 aliphatic rings. The molecule has 24 heteroatoms. The fraction of sp³-hybridized carbons (Fsp3) is 0.879. The van der Waals surface area contributed by atoms with Gasteiger partial charge in [0.25, 0.3) is 0 Å². The predicted octanol–water partition coefficient (Wildman–Crippen LogP) is 29.5. The van der Waals surface area contributed by atoms with Crippen molar-refractivity contribution in [2.75, 3.05) is 6.61 Å². The van der Waals surface area contributed by atoms with Gasteiger partial charge in [0.2, 0.25) is 37.7 Å². The summed E-state index contributed by atoms with van der Waals surface area (Å²) in [5.74, 6) is 1.62. The van der Waals surface area contributed by atoms with Gasteiger partial charge in [0.1, 0.15) is 17.8 Å². The fourth-order valence-corrected chi connectivity index (χ4v) is 22.6. The number of hydrogen-bond acceptors (Lipinski definition) is 24. The van der Waals surface area contributed by atoms with Crippen molar-refractivity contribution in [1.82, 2.24) is 0 Å². The van der Waals surface area contributed by atoms with Crippen LogP contribution >= 0.6 is 0 Å². The lowest BCUT2D eigenvalue weighted by atomic mass is 9.48. The molecule has 18 atom stereocenters. The molecule has 13 rings (SSSR count). The molecule has 24 nitrogen and oxygen atoms in total. The Labute approximate surface area is 897 Å². The van der Waals surface area contributed by atoms with Gasteiger partial charge in [-0.25, -0.2) is 4.79 Å². The Morgan fingerprint density at radius 3 is 1.33 bits per heavy atom. The summed E-state index contributed by atoms with van der Waals surface area (Å²) >= 11 is 0. The molecule has 1 aromatic rings. The van der Waals surface area contributed by atoms with E-state index in [-0.39, 0.29) is 124 Å². The Bertz CT molecular complexity index is 4370. The monoisotopic (exact) mass is 2090 g/mol. The van der Waals surface area contributed by atoms with E-state index in [2.05, 4.69) is 117 Å². The Balaban J connectivity index is 0.000000243. The van der Waals surface area contributed by atoms with E-state index in [1.165, 1.54) is 75.3 Å². The van der Waals surface area contributed by atoms with Crippen LogP contribution in [0.15, 0.2) is 18.2 Å². The Morgan fingerprint density at radius 2 is 0.892 bits per heavy atom. The van der Waals surface area contributed by atoms with Crippen LogP contribution in [0.5, 0.6) is 0 Å². The Hall–Kier alpha value is -5.79. The van der Waals surface area contributed by atoms with E-state index in [4.69, 9.17) is 71.1 Å². The summed E-state index contributed by atoms with van der Waals surface area (Å²) in [6.07, 6.45) is 26.8. The van der Waals surface area contributed by atoms with Crippen LogP contribution in [-0.2, 0) is 116 Å². The summed E-state index contributed by atoms with van der Waals surface area (Å²) in [6.45, 7) is 81.8. The van der Waals surface area contributed by atoms with Crippen molar-refractivity contribution in [3.05, 3.63) is 34.9 Å². The number of rotatable bonds is 39. The Morgan fingerprint density at radius 1 is 0.439 bits per heavy atom. The average Bonchev–Trinajstić information content (AvgIpc) is 0.824. The molecule has 1 heterocycles. The second kappa shape index (κ2) is 53.3. The van der Waals surface area contributed by atoms with Crippen LogP contribution in [0, 0.1) is 118 Å². The minimum absolute atomic E-state index is 0.0101. The minimum Gasteiger partial charge on any atom is -0.459 e. The first-order valence-corrected chi connectivity index (χ1v) is 58.0. The lowest BCUT2D eigenvalue weighted by Gasteiger charge is -2.60. The highest BCUT2D eigenvalue weighted by atomic mass is 16.7. The maximum atomic E-state index is 13.6. The number of carbonyl (C=O) groups excluding carboxylic acids is 9. The summed E-state index contributed by atoms with van der Waals surface area (Å²) in [5, 5.41) is 0. The highest BCUT2D eigenvalue weighted by Crippen LogP contribution is 2.66. The fourth-order valence-electron chi connectivity index (χ4n) is 22.6. The molecule has 1 saturated heterocycles. The number of fused-ring (bicyclic) bond motifs is 4. The van der Waals surface area contributed by atoms with Crippen LogP contribution in [0.25, 0.3) is 0 Å². The number of esters is 9. The van der Waals surface area contributed by atoms with Crippen LogP contribution < -0.4 is 0 Å². The van der Waals surface area contributed by atoms with Crippen molar-refractivity contribution in [3.63, 3.8) is 0 Å². The van der Waals surface area contributed by atoms with Gasteiger partial charge in [-0.15, -0.1) is 0 Å². The zero-order valence-electron chi connectivity index (χ0n) is 101. The molecular weight excluding hydrogens is 1870 g/mol. The molecule has 0 aromatic heterocycles. The second-order valence-electron chi connectivity index (χ2n) is 57.1. The molecule has 8 bridgehead atoms. The third kappa shape index (κ3) is 37.8. The van der Waals surface area contributed by atoms with E-state index in [1.54, 1.807) is 0 Å². The van der Waals surface area contributed by atoms with Crippen LogP contribution in [0.3, 0.4) is 0 Å². The summed E-state index contributed by atoms with van der Waals surface area (Å²) in [6, 6.07) is 5.97. The van der Waals surface area contributed by atoms with E-state index in [1.807, 2.05) is 178 Å². The summed E-state index contributed by atoms with van der Waals surface area (Å²) < 4.78 is 88.4. The lowest BCUT2D eigenvalue weighted by Crippen LogP contribution is -2.60. The topological polar surface area (TPSA) is 292 Å². The summed E-state index contributed by atoms with van der Waals surface area (Å²) in [7, 11) is 0. The molecule has 0 N–H and O–H groups in total. The van der Waals surface area contributed by atoms with Gasteiger partial charge in [0.05, 0.1) is 75.2 Å². The highest BCUT2D eigenvalue weighted by molar-refractivity contribution is 6.03. The van der Waals surface area contributed by atoms with Gasteiger partial charge in [0, 0.05) is 55.3 Å². The van der Waals surface area contributed by atoms with E-state index in [0.717, 1.165) is 102 Å². The molecule has 18 unspecified atom stereocenters. The third-order valence-corrected chi connectivity index (χ3v) is 33.3. The predicted molar refractivity (Wildman–Crippen MR) is 581 cm³/mol. The standard InChI is InChI=1S/C26H44O5.C24H38O7.C21H32O3.C19H34O3.2C17H32O3/c1-9-24(7,8)21(27)31-26-13-18-10-19(14-26)12-25(11-18,16-26)22(28)30-20(29-17(2)3)15-23(4,5)6;1-9-23(7,8)19(25)30-17-14-10-15-18(17)31-21(27)24(15,11-14)20(26)29-16(28-13(2)3)12-22(4,5)6;1-13(2)23-19(12-21(5,6)7)24-20(22)16-8-9-18-15(4)14(3)10-17(18)11-16;1-7-19(5,6)17(20)22-16(21-12-18(2,3)4)15-11-13-8-9-14(15)10-13;1-7-17(5,6)14(18)20-15(16(2,3)4)19-13-11-9-8-10-12-13;1-6-17(4,5)16(18)20-15(12-13(2)3)19-14-10-8-7-9-11-14/h17-20H,9-16H2,1-8H3;13-18H,9-12H2,1-8H3;8-9,11,13-15,19H,10,12H2,1-7H3;13-16H,7-12H2,1-6H3;13,15H,7-12H2,1-6H3;13-15H,6-12H2,1-5H3. The largest absolute Gasteiger partial charge is 0.459 e. The normalized spacial score (nSPS) is 27.1. The number of hydrogen-bond donors (Lipinski definition) is 0. The average molecular weight is 2090 g/mol. The molecule has 11 aliphatic carbocycles. The van der Waals surface area contributed by atoms with E-state index in [9.17, 15) is 43.2 Å². The molecule has 0 radical (unpaired) electrons. The number of ether oxygens (including phenoxy) is 15. The van der Waals surface area contributed by atoms with Gasteiger partial charge in [0.15, 0.2) is 5.41 Å². The second-order valence-corrected chi connectivity index (χ2v) is 57.1. The van der Waals surface area contributed by atoms with Crippen molar-refractivity contribution >= 4 is 53.7 Å². The van der Waals surface area contributed by atoms with Crippen LogP contribution in [0.1, 0.15) is 503 Å². The molecular formula is C124H212O24. The first-order chi connectivity index (χ1) is 68.1. The zero-order chi connectivity index (χ0) is 112. The molecule has 10 saturated carbocycles. The lowest BCUT2D eigenvalue weighted by molar-refractivity contribution is -0.234. The van der Waals surface area contributed by atoms with Crippen molar-refractivity contribution < 1.29 is 114 Å². The molecule has 11 fully saturated rings. The van der Waals surface area contributed by atoms with Gasteiger partial charge in [-0.05, 0) is 326 Å². The van der Waals surface area contributed by atoms with Gasteiger partial charge in [-0.1, -0.05) is 217 Å². The maximum Gasteiger partial charge on any atom is 0.340 e. The van der Waals surface area contributed by atoms with Crippen LogP contribution in [0.4, 0.5) is 0 Å². The van der Waals surface area contributed by atoms with Crippen molar-refractivity contribution in [3.8, 4) is 0 Å². The molecule has 0 spiro atoms. The first-order valence-electron chi connectivity index (χ1n) is 58.0.